The van der Waals surface area contributed by atoms with Gasteiger partial charge in [-0.1, -0.05) is 61.5 Å². The first-order valence-electron chi connectivity index (χ1n) is 10.2. The lowest BCUT2D eigenvalue weighted by Crippen LogP contribution is -2.42. The molecule has 1 aliphatic heterocycles. The Labute approximate surface area is 173 Å². The van der Waals surface area contributed by atoms with Crippen molar-refractivity contribution in [1.29, 1.82) is 0 Å². The number of hydrogen-bond donors (Lipinski definition) is 1. The van der Waals surface area contributed by atoms with Crippen molar-refractivity contribution in [2.75, 3.05) is 38.5 Å². The molecule has 1 aliphatic rings. The molecule has 152 valence electrons. The molecule has 0 saturated heterocycles. The first-order chi connectivity index (χ1) is 14.1. The van der Waals surface area contributed by atoms with Gasteiger partial charge in [-0.25, -0.2) is 0 Å². The highest BCUT2D eigenvalue weighted by molar-refractivity contribution is 5.95. The minimum Gasteiger partial charge on any atom is -0.335 e. The first kappa shape index (κ1) is 20.8. The van der Waals surface area contributed by atoms with Crippen LogP contribution in [0.25, 0.3) is 5.57 Å². The summed E-state index contributed by atoms with van der Waals surface area (Å²) in [5.74, 6) is -0.216. The number of likely N-dealkylation sites (N-methyl/N-ethyl adjacent to an activating group) is 1. The van der Waals surface area contributed by atoms with Crippen LogP contribution in [-0.4, -0.2) is 54.8 Å². The van der Waals surface area contributed by atoms with E-state index >= 15 is 0 Å². The molecule has 2 aromatic rings. The zero-order valence-electron chi connectivity index (χ0n) is 17.2. The molecule has 1 N–H and O–H groups in total. The number of amides is 2. The fourth-order valence-corrected chi connectivity index (χ4v) is 3.53. The molecule has 0 saturated carbocycles. The predicted molar refractivity (Wildman–Crippen MR) is 118 cm³/mol. The third-order valence-electron chi connectivity index (χ3n) is 5.28. The van der Waals surface area contributed by atoms with Gasteiger partial charge in [0.15, 0.2) is 0 Å². The maximum Gasteiger partial charge on any atom is 0.243 e. The third-order valence-corrected chi connectivity index (χ3v) is 5.28. The SMILES string of the molecule is CCc1ccccc1NC(=O)CN(C)C(=O)CN1CC=C(c2ccccc2)CC1. The quantitative estimate of drug-likeness (QED) is 0.787. The van der Waals surface area contributed by atoms with Crippen molar-refractivity contribution in [3.05, 3.63) is 71.8 Å². The molecule has 0 spiro atoms. The van der Waals surface area contributed by atoms with Crippen LogP contribution in [0.15, 0.2) is 60.7 Å². The Morgan fingerprint density at radius 3 is 2.48 bits per heavy atom. The average molecular weight is 392 g/mol. The molecule has 0 atom stereocenters. The molecule has 2 amide bonds. The average Bonchev–Trinajstić information content (AvgIpc) is 2.75. The van der Waals surface area contributed by atoms with E-state index in [1.165, 1.54) is 16.0 Å². The molecule has 3 rings (SSSR count). The van der Waals surface area contributed by atoms with Crippen LogP contribution in [0, 0.1) is 0 Å². The second-order valence-corrected chi connectivity index (χ2v) is 7.39. The van der Waals surface area contributed by atoms with Crippen LogP contribution >= 0.6 is 0 Å². The maximum atomic E-state index is 12.6. The molecule has 5 nitrogen and oxygen atoms in total. The Bertz CT molecular complexity index is 877. The molecule has 0 aliphatic carbocycles. The van der Waals surface area contributed by atoms with Crippen LogP contribution in [0.4, 0.5) is 5.69 Å². The summed E-state index contributed by atoms with van der Waals surface area (Å²) in [4.78, 5) is 28.5. The van der Waals surface area contributed by atoms with E-state index in [0.717, 1.165) is 37.2 Å². The summed E-state index contributed by atoms with van der Waals surface area (Å²) >= 11 is 0. The molecule has 5 heteroatoms. The molecule has 29 heavy (non-hydrogen) atoms. The van der Waals surface area contributed by atoms with E-state index in [1.54, 1.807) is 7.05 Å². The number of para-hydroxylation sites is 1. The van der Waals surface area contributed by atoms with E-state index in [0.29, 0.717) is 6.54 Å². The highest BCUT2D eigenvalue weighted by Gasteiger charge is 2.19. The summed E-state index contributed by atoms with van der Waals surface area (Å²) in [6, 6.07) is 18.1. The Hall–Kier alpha value is -2.92. The number of carbonyl (C=O) groups excluding carboxylic acids is 2. The van der Waals surface area contributed by atoms with Crippen molar-refractivity contribution in [1.82, 2.24) is 9.80 Å². The fourth-order valence-electron chi connectivity index (χ4n) is 3.53. The normalized spacial score (nSPS) is 14.2. The zero-order chi connectivity index (χ0) is 20.6. The van der Waals surface area contributed by atoms with Crippen LogP contribution in [-0.2, 0) is 16.0 Å². The van der Waals surface area contributed by atoms with E-state index in [-0.39, 0.29) is 18.4 Å². The van der Waals surface area contributed by atoms with Gasteiger partial charge in [0.2, 0.25) is 11.8 Å². The van der Waals surface area contributed by atoms with Crippen molar-refractivity contribution < 1.29 is 9.59 Å². The second kappa shape index (κ2) is 10.0. The van der Waals surface area contributed by atoms with Gasteiger partial charge in [-0.05, 0) is 35.6 Å². The van der Waals surface area contributed by atoms with Crippen LogP contribution in [0.2, 0.25) is 0 Å². The molecule has 0 fully saturated rings. The van der Waals surface area contributed by atoms with Gasteiger partial charge >= 0.3 is 0 Å². The third kappa shape index (κ3) is 5.78. The van der Waals surface area contributed by atoms with E-state index in [1.807, 2.05) is 42.5 Å². The lowest BCUT2D eigenvalue weighted by molar-refractivity contribution is -0.134. The molecule has 2 aromatic carbocycles. The van der Waals surface area contributed by atoms with Gasteiger partial charge in [0.05, 0.1) is 13.1 Å². The lowest BCUT2D eigenvalue weighted by Gasteiger charge is -2.27. The van der Waals surface area contributed by atoms with E-state index in [2.05, 4.69) is 35.3 Å². The van der Waals surface area contributed by atoms with E-state index in [9.17, 15) is 9.59 Å². The van der Waals surface area contributed by atoms with Crippen LogP contribution < -0.4 is 5.32 Å². The highest BCUT2D eigenvalue weighted by atomic mass is 16.2. The van der Waals surface area contributed by atoms with Crippen LogP contribution in [0.3, 0.4) is 0 Å². The van der Waals surface area contributed by atoms with Gasteiger partial charge in [-0.15, -0.1) is 0 Å². The Balaban J connectivity index is 1.48. The van der Waals surface area contributed by atoms with Gasteiger partial charge in [0.25, 0.3) is 0 Å². The standard InChI is InChI=1S/C24H29N3O2/c1-3-19-9-7-8-12-22(19)25-23(28)17-26(2)24(29)18-27-15-13-21(14-16-27)20-10-5-4-6-11-20/h4-13H,3,14-18H2,1-2H3,(H,25,28). The molecule has 0 radical (unpaired) electrons. The van der Waals surface area contributed by atoms with Crippen molar-refractivity contribution >= 4 is 23.1 Å². The summed E-state index contributed by atoms with van der Waals surface area (Å²) in [6.07, 6.45) is 3.97. The molecule has 0 unspecified atom stereocenters. The summed E-state index contributed by atoms with van der Waals surface area (Å²) in [5, 5.41) is 2.92. The summed E-state index contributed by atoms with van der Waals surface area (Å²) in [5.41, 5.74) is 4.48. The van der Waals surface area contributed by atoms with Gasteiger partial charge in [0, 0.05) is 25.8 Å². The second-order valence-electron chi connectivity index (χ2n) is 7.39. The number of hydrogen-bond acceptors (Lipinski definition) is 3. The summed E-state index contributed by atoms with van der Waals surface area (Å²) < 4.78 is 0. The highest BCUT2D eigenvalue weighted by Crippen LogP contribution is 2.22. The minimum atomic E-state index is -0.174. The number of carbonyl (C=O) groups is 2. The molecule has 0 aromatic heterocycles. The summed E-state index contributed by atoms with van der Waals surface area (Å²) in [6.45, 7) is 4.02. The van der Waals surface area contributed by atoms with Gasteiger partial charge in [-0.3, -0.25) is 14.5 Å². The molecular weight excluding hydrogens is 362 g/mol. The van der Waals surface area contributed by atoms with Crippen LogP contribution in [0.5, 0.6) is 0 Å². The van der Waals surface area contributed by atoms with Gasteiger partial charge < -0.3 is 10.2 Å². The van der Waals surface area contributed by atoms with Crippen molar-refractivity contribution in [3.8, 4) is 0 Å². The number of rotatable bonds is 7. The monoisotopic (exact) mass is 391 g/mol. The number of benzene rings is 2. The molecule has 1 heterocycles. The smallest absolute Gasteiger partial charge is 0.243 e. The Kier molecular flexibility index (Phi) is 7.19. The first-order valence-corrected chi connectivity index (χ1v) is 10.2. The van der Waals surface area contributed by atoms with Crippen molar-refractivity contribution in [2.24, 2.45) is 0 Å². The topological polar surface area (TPSA) is 52.7 Å². The number of nitrogens with one attached hydrogen (secondary N) is 1. The lowest BCUT2D eigenvalue weighted by atomic mass is 10.00. The largest absolute Gasteiger partial charge is 0.335 e. The van der Waals surface area contributed by atoms with Gasteiger partial charge in [0.1, 0.15) is 0 Å². The number of nitrogens with zero attached hydrogens (tertiary/aromatic N) is 2. The van der Waals surface area contributed by atoms with Gasteiger partial charge in [-0.2, -0.15) is 0 Å². The molecular formula is C24H29N3O2. The van der Waals surface area contributed by atoms with Crippen molar-refractivity contribution in [2.45, 2.75) is 19.8 Å². The fraction of sp³-hybridized carbons (Fsp3) is 0.333. The molecule has 0 bridgehead atoms. The van der Waals surface area contributed by atoms with Crippen molar-refractivity contribution in [3.63, 3.8) is 0 Å². The summed E-state index contributed by atoms with van der Waals surface area (Å²) in [7, 11) is 1.68. The van der Waals surface area contributed by atoms with E-state index in [4.69, 9.17) is 0 Å². The zero-order valence-corrected chi connectivity index (χ0v) is 17.2. The Morgan fingerprint density at radius 1 is 1.07 bits per heavy atom. The van der Waals surface area contributed by atoms with Crippen LogP contribution in [0.1, 0.15) is 24.5 Å². The van der Waals surface area contributed by atoms with E-state index < -0.39 is 0 Å². The number of aryl methyl sites for hydroxylation is 1. The predicted octanol–water partition coefficient (Wildman–Crippen LogP) is 3.44. The minimum absolute atomic E-state index is 0.0412. The Morgan fingerprint density at radius 2 is 1.79 bits per heavy atom. The number of anilines is 1. The maximum absolute atomic E-state index is 12.6.